The molecule has 3 rings (SSSR count). The third-order valence-electron chi connectivity index (χ3n) is 4.02. The number of benzene rings is 2. The molecule has 1 fully saturated rings. The second kappa shape index (κ2) is 8.93. The number of rotatable bonds is 9. The number of carbonyl (C=O) groups is 2. The Morgan fingerprint density at radius 3 is 2.62 bits per heavy atom. The van der Waals surface area contributed by atoms with Gasteiger partial charge in [0.05, 0.1) is 10.5 Å². The largest absolute Gasteiger partial charge is 0.484 e. The predicted molar refractivity (Wildman–Crippen MR) is 108 cm³/mol. The van der Waals surface area contributed by atoms with E-state index in [1.165, 1.54) is 18.2 Å². The third kappa shape index (κ3) is 6.02. The van der Waals surface area contributed by atoms with Crippen LogP contribution in [0.25, 0.3) is 0 Å². The summed E-state index contributed by atoms with van der Waals surface area (Å²) >= 11 is 3.25. The van der Waals surface area contributed by atoms with Crippen LogP contribution < -0.4 is 15.2 Å². The molecule has 2 aromatic rings. The number of carbonyl (C=O) groups excluding carboxylic acids is 2. The van der Waals surface area contributed by atoms with Crippen LogP contribution >= 0.6 is 15.9 Å². The van der Waals surface area contributed by atoms with Crippen molar-refractivity contribution in [3.8, 4) is 5.75 Å². The number of nitrogens with one attached hydrogen (secondary N) is 1. The van der Waals surface area contributed by atoms with Gasteiger partial charge in [-0.05, 0) is 64.7 Å². The molecule has 0 saturated heterocycles. The summed E-state index contributed by atoms with van der Waals surface area (Å²) in [5.41, 5.74) is 5.78. The van der Waals surface area contributed by atoms with E-state index in [0.29, 0.717) is 15.8 Å². The molecule has 0 heterocycles. The van der Waals surface area contributed by atoms with Gasteiger partial charge in [0.25, 0.3) is 5.91 Å². The smallest absolute Gasteiger partial charge is 0.339 e. The number of nitrogens with two attached hydrogens (primary N) is 1. The van der Waals surface area contributed by atoms with Crippen molar-refractivity contribution in [1.82, 2.24) is 4.72 Å². The molecular formula is C19H19BrN2O6S. The lowest BCUT2D eigenvalue weighted by atomic mass is 10.2. The first-order valence-corrected chi connectivity index (χ1v) is 11.0. The summed E-state index contributed by atoms with van der Waals surface area (Å²) in [7, 11) is -3.69. The molecule has 0 atom stereocenters. The van der Waals surface area contributed by atoms with Crippen LogP contribution in [0, 0.1) is 0 Å². The van der Waals surface area contributed by atoms with Gasteiger partial charge >= 0.3 is 5.97 Å². The topological polar surface area (TPSA) is 125 Å². The van der Waals surface area contributed by atoms with Gasteiger partial charge in [-0.2, -0.15) is 0 Å². The molecular weight excluding hydrogens is 464 g/mol. The minimum atomic E-state index is -3.69. The van der Waals surface area contributed by atoms with Crippen molar-refractivity contribution in [3.63, 3.8) is 0 Å². The third-order valence-corrected chi connectivity index (χ3v) is 6.23. The Labute approximate surface area is 176 Å². The van der Waals surface area contributed by atoms with Crippen molar-refractivity contribution in [3.05, 3.63) is 58.1 Å². The highest BCUT2D eigenvalue weighted by Gasteiger charge is 2.28. The molecule has 0 radical (unpaired) electrons. The van der Waals surface area contributed by atoms with Gasteiger partial charge in [-0.25, -0.2) is 17.9 Å². The van der Waals surface area contributed by atoms with Crippen LogP contribution in [0.15, 0.2) is 51.8 Å². The highest BCUT2D eigenvalue weighted by Crippen LogP contribution is 2.26. The fraction of sp³-hybridized carbons (Fsp3) is 0.263. The molecule has 3 N–H and O–H groups in total. The van der Waals surface area contributed by atoms with Crippen molar-refractivity contribution in [1.29, 1.82) is 0 Å². The molecule has 1 aliphatic rings. The zero-order chi connectivity index (χ0) is 21.0. The number of sulfonamides is 1. The summed E-state index contributed by atoms with van der Waals surface area (Å²) in [5.74, 6) is -0.862. The molecule has 2 aromatic carbocycles. The number of primary amides is 1. The monoisotopic (exact) mass is 482 g/mol. The van der Waals surface area contributed by atoms with E-state index >= 15 is 0 Å². The van der Waals surface area contributed by atoms with Crippen LogP contribution in [0.3, 0.4) is 0 Å². The van der Waals surface area contributed by atoms with Crippen LogP contribution in [0.1, 0.15) is 28.8 Å². The van der Waals surface area contributed by atoms with Crippen LogP contribution in [-0.2, 0) is 26.2 Å². The highest BCUT2D eigenvalue weighted by molar-refractivity contribution is 9.10. The lowest BCUT2D eigenvalue weighted by Crippen LogP contribution is -2.26. The van der Waals surface area contributed by atoms with Crippen molar-refractivity contribution < 1.29 is 27.5 Å². The Kier molecular flexibility index (Phi) is 6.56. The summed E-state index contributed by atoms with van der Waals surface area (Å²) < 4.78 is 38.3. The summed E-state index contributed by atoms with van der Waals surface area (Å²) in [6.07, 6.45) is 1.62. The van der Waals surface area contributed by atoms with Crippen molar-refractivity contribution in [2.75, 3.05) is 6.61 Å². The first-order valence-electron chi connectivity index (χ1n) is 8.73. The molecule has 8 nitrogen and oxygen atoms in total. The molecule has 0 aromatic heterocycles. The minimum Gasteiger partial charge on any atom is -0.484 e. The van der Waals surface area contributed by atoms with Crippen molar-refractivity contribution in [2.24, 2.45) is 5.73 Å². The minimum absolute atomic E-state index is 0.00130. The summed E-state index contributed by atoms with van der Waals surface area (Å²) in [4.78, 5) is 23.3. The normalized spacial score (nSPS) is 13.7. The van der Waals surface area contributed by atoms with E-state index in [1.807, 2.05) is 0 Å². The first-order chi connectivity index (χ1) is 13.7. The standard InChI is InChI=1S/C19H19BrN2O6S/c20-17-7-6-15(29(25,26)22-13-4-5-13)9-16(17)19(24)28-10-12-2-1-3-14(8-12)27-11-18(21)23/h1-3,6-9,13,22H,4-5,10-11H2,(H2,21,23). The van der Waals surface area contributed by atoms with Gasteiger partial charge in [0, 0.05) is 10.5 Å². The van der Waals surface area contributed by atoms with E-state index in [2.05, 4.69) is 20.7 Å². The molecule has 0 aliphatic heterocycles. The van der Waals surface area contributed by atoms with Gasteiger partial charge < -0.3 is 15.2 Å². The van der Waals surface area contributed by atoms with Gasteiger partial charge in [-0.1, -0.05) is 12.1 Å². The Morgan fingerprint density at radius 2 is 1.93 bits per heavy atom. The van der Waals surface area contributed by atoms with E-state index in [1.54, 1.807) is 24.3 Å². The number of ether oxygens (including phenoxy) is 2. The molecule has 1 aliphatic carbocycles. The van der Waals surface area contributed by atoms with E-state index in [0.717, 1.165) is 12.8 Å². The second-order valence-electron chi connectivity index (χ2n) is 6.52. The lowest BCUT2D eigenvalue weighted by molar-refractivity contribution is -0.119. The first kappa shape index (κ1) is 21.3. The van der Waals surface area contributed by atoms with Crippen LogP contribution in [-0.4, -0.2) is 32.9 Å². The molecule has 10 heteroatoms. The molecule has 1 saturated carbocycles. The molecule has 0 bridgehead atoms. The van der Waals surface area contributed by atoms with E-state index < -0.39 is 21.9 Å². The maximum atomic E-state index is 12.5. The molecule has 1 amide bonds. The average Bonchev–Trinajstić information content (AvgIpc) is 3.48. The zero-order valence-electron chi connectivity index (χ0n) is 15.3. The summed E-state index contributed by atoms with van der Waals surface area (Å²) in [6.45, 7) is -0.317. The van der Waals surface area contributed by atoms with Gasteiger partial charge in [0.1, 0.15) is 12.4 Å². The van der Waals surface area contributed by atoms with Crippen LogP contribution in [0.5, 0.6) is 5.75 Å². The molecule has 0 spiro atoms. The average molecular weight is 483 g/mol. The quantitative estimate of drug-likeness (QED) is 0.527. The van der Waals surface area contributed by atoms with Crippen LogP contribution in [0.2, 0.25) is 0 Å². The molecule has 154 valence electrons. The number of amides is 1. The number of hydrogen-bond donors (Lipinski definition) is 2. The fourth-order valence-corrected chi connectivity index (χ4v) is 4.16. The molecule has 29 heavy (non-hydrogen) atoms. The van der Waals surface area contributed by atoms with E-state index in [9.17, 15) is 18.0 Å². The Balaban J connectivity index is 1.68. The lowest BCUT2D eigenvalue weighted by Gasteiger charge is -2.10. The second-order valence-corrected chi connectivity index (χ2v) is 9.08. The SMILES string of the molecule is NC(=O)COc1cccc(COC(=O)c2cc(S(=O)(=O)NC3CC3)ccc2Br)c1. The van der Waals surface area contributed by atoms with E-state index in [4.69, 9.17) is 15.2 Å². The maximum absolute atomic E-state index is 12.5. The van der Waals surface area contributed by atoms with Crippen LogP contribution in [0.4, 0.5) is 0 Å². The van der Waals surface area contributed by atoms with Gasteiger partial charge in [-0.15, -0.1) is 0 Å². The number of esters is 1. The predicted octanol–water partition coefficient (Wildman–Crippen LogP) is 2.11. The number of hydrogen-bond acceptors (Lipinski definition) is 6. The van der Waals surface area contributed by atoms with E-state index in [-0.39, 0.29) is 29.7 Å². The van der Waals surface area contributed by atoms with Crippen molar-refractivity contribution in [2.45, 2.75) is 30.4 Å². The Hall–Kier alpha value is -2.43. The van der Waals surface area contributed by atoms with Gasteiger partial charge in [0.15, 0.2) is 6.61 Å². The summed E-state index contributed by atoms with van der Waals surface area (Å²) in [6, 6.07) is 10.8. The zero-order valence-corrected chi connectivity index (χ0v) is 17.7. The summed E-state index contributed by atoms with van der Waals surface area (Å²) in [5, 5.41) is 0. The Bertz CT molecular complexity index is 1040. The highest BCUT2D eigenvalue weighted by atomic mass is 79.9. The Morgan fingerprint density at radius 1 is 1.17 bits per heavy atom. The fourth-order valence-electron chi connectivity index (χ4n) is 2.42. The van der Waals surface area contributed by atoms with Crippen molar-refractivity contribution >= 4 is 37.8 Å². The molecule has 0 unspecified atom stereocenters. The van der Waals surface area contributed by atoms with Gasteiger partial charge in [-0.3, -0.25) is 4.79 Å². The number of halogens is 1. The maximum Gasteiger partial charge on any atom is 0.339 e. The van der Waals surface area contributed by atoms with Gasteiger partial charge in [0.2, 0.25) is 10.0 Å².